The van der Waals surface area contributed by atoms with Crippen LogP contribution in [-0.4, -0.2) is 9.97 Å². The van der Waals surface area contributed by atoms with Crippen molar-refractivity contribution in [2.75, 3.05) is 0 Å². The number of thiophene rings is 2. The minimum absolute atomic E-state index is 0.279. The molecule has 0 saturated carbocycles. The molecule has 0 spiro atoms. The number of hydrogen-bond donors (Lipinski definition) is 0. The molecular formula is C14H6ClFN2S2. The molecule has 3 aromatic heterocycles. The molecule has 98 valence electrons. The topological polar surface area (TPSA) is 25.8 Å². The van der Waals surface area contributed by atoms with Gasteiger partial charge in [-0.15, -0.1) is 22.7 Å². The maximum atomic E-state index is 13.2. The molecule has 0 aliphatic heterocycles. The fourth-order valence-electron chi connectivity index (χ4n) is 2.05. The van der Waals surface area contributed by atoms with Gasteiger partial charge in [-0.3, -0.25) is 0 Å². The Morgan fingerprint density at radius 1 is 1.05 bits per heavy atom. The summed E-state index contributed by atoms with van der Waals surface area (Å²) in [6, 6.07) is 8.49. The summed E-state index contributed by atoms with van der Waals surface area (Å²) >= 11 is 9.46. The molecule has 0 amide bonds. The largest absolute Gasteiger partial charge is 0.227 e. The second-order valence-corrected chi connectivity index (χ2v) is 6.65. The molecule has 0 radical (unpaired) electrons. The van der Waals surface area contributed by atoms with E-state index in [0.717, 1.165) is 4.88 Å². The summed E-state index contributed by atoms with van der Waals surface area (Å²) in [6.45, 7) is 0. The number of hydrogen-bond acceptors (Lipinski definition) is 4. The lowest BCUT2D eigenvalue weighted by Gasteiger charge is -2.02. The predicted molar refractivity (Wildman–Crippen MR) is 83.2 cm³/mol. The summed E-state index contributed by atoms with van der Waals surface area (Å²) in [5, 5.41) is 2.87. The summed E-state index contributed by atoms with van der Waals surface area (Å²) in [6.07, 6.45) is 0. The zero-order chi connectivity index (χ0) is 13.7. The van der Waals surface area contributed by atoms with Crippen molar-refractivity contribution in [2.45, 2.75) is 0 Å². The van der Waals surface area contributed by atoms with Crippen LogP contribution in [0.15, 0.2) is 35.7 Å². The van der Waals surface area contributed by atoms with Gasteiger partial charge in [-0.1, -0.05) is 11.6 Å². The van der Waals surface area contributed by atoms with Gasteiger partial charge in [-0.2, -0.15) is 0 Å². The minimum atomic E-state index is -0.340. The molecule has 0 bridgehead atoms. The summed E-state index contributed by atoms with van der Waals surface area (Å²) in [7, 11) is 0. The van der Waals surface area contributed by atoms with Gasteiger partial charge in [-0.05, 0) is 35.7 Å². The Labute approximate surface area is 126 Å². The average Bonchev–Trinajstić information content (AvgIpc) is 3.00. The lowest BCUT2D eigenvalue weighted by atomic mass is 10.2. The molecule has 0 unspecified atom stereocenters. The molecule has 1 aromatic carbocycles. The third-order valence-corrected chi connectivity index (χ3v) is 5.35. The Kier molecular flexibility index (Phi) is 2.73. The summed E-state index contributed by atoms with van der Waals surface area (Å²) < 4.78 is 15.7. The molecule has 4 rings (SSSR count). The van der Waals surface area contributed by atoms with Crippen LogP contribution >= 0.6 is 34.3 Å². The number of rotatable bonds is 1. The second kappa shape index (κ2) is 4.48. The van der Waals surface area contributed by atoms with Gasteiger partial charge < -0.3 is 0 Å². The van der Waals surface area contributed by atoms with Crippen LogP contribution in [0, 0.1) is 5.82 Å². The van der Waals surface area contributed by atoms with Gasteiger partial charge in [-0.25, -0.2) is 14.4 Å². The van der Waals surface area contributed by atoms with E-state index in [1.807, 2.05) is 0 Å². The summed E-state index contributed by atoms with van der Waals surface area (Å²) in [4.78, 5) is 9.74. The van der Waals surface area contributed by atoms with E-state index < -0.39 is 0 Å². The third kappa shape index (κ3) is 1.90. The predicted octanol–water partition coefficient (Wildman–Crippen LogP) is 5.37. The Morgan fingerprint density at radius 3 is 2.80 bits per heavy atom. The maximum Gasteiger partial charge on any atom is 0.171 e. The number of aromatic nitrogens is 2. The number of fused-ring (bicyclic) bond motifs is 2. The molecule has 0 N–H and O–H groups in total. The molecule has 0 atom stereocenters. The first-order chi connectivity index (χ1) is 9.70. The van der Waals surface area contributed by atoms with Crippen molar-refractivity contribution >= 4 is 54.6 Å². The number of nitrogens with zero attached hydrogens (tertiary/aromatic N) is 2. The molecule has 0 aliphatic carbocycles. The highest BCUT2D eigenvalue weighted by Gasteiger charge is 2.12. The van der Waals surface area contributed by atoms with Crippen molar-refractivity contribution in [3.8, 4) is 10.7 Å². The molecule has 4 aromatic rings. The van der Waals surface area contributed by atoms with Crippen LogP contribution in [0.5, 0.6) is 0 Å². The maximum absolute atomic E-state index is 13.2. The van der Waals surface area contributed by atoms with Crippen molar-refractivity contribution in [3.05, 3.63) is 46.7 Å². The fraction of sp³-hybridized carbons (Fsp3) is 0. The second-order valence-electron chi connectivity index (χ2n) is 4.26. The Morgan fingerprint density at radius 2 is 1.95 bits per heavy atom. The van der Waals surface area contributed by atoms with E-state index in [0.29, 0.717) is 16.7 Å². The molecule has 2 nitrogen and oxygen atoms in total. The van der Waals surface area contributed by atoms with E-state index in [1.54, 1.807) is 28.7 Å². The van der Waals surface area contributed by atoms with Gasteiger partial charge in [0.15, 0.2) is 5.82 Å². The van der Waals surface area contributed by atoms with E-state index in [9.17, 15) is 4.39 Å². The standard InChI is InChI=1S/C14H6ClFN2S2/c15-13-8-5-7(16)1-2-9(8)17-14(18-13)12-6-11-10(20-12)3-4-19-11/h1-6H. The van der Waals surface area contributed by atoms with Gasteiger partial charge in [0.05, 0.1) is 10.4 Å². The van der Waals surface area contributed by atoms with Gasteiger partial charge in [0.25, 0.3) is 0 Å². The SMILES string of the molecule is Fc1ccc2nc(-c3cc4sccc4s3)nc(Cl)c2c1. The van der Waals surface area contributed by atoms with Crippen LogP contribution in [0.1, 0.15) is 0 Å². The zero-order valence-electron chi connectivity index (χ0n) is 9.93. The molecular weight excluding hydrogens is 315 g/mol. The van der Waals surface area contributed by atoms with Crippen LogP contribution in [-0.2, 0) is 0 Å². The smallest absolute Gasteiger partial charge is 0.171 e. The Bertz CT molecular complexity index is 916. The molecule has 0 saturated heterocycles. The van der Waals surface area contributed by atoms with Crippen molar-refractivity contribution in [3.63, 3.8) is 0 Å². The van der Waals surface area contributed by atoms with Gasteiger partial charge >= 0.3 is 0 Å². The molecule has 0 aliphatic rings. The molecule has 3 heterocycles. The van der Waals surface area contributed by atoms with E-state index in [1.165, 1.54) is 21.5 Å². The van der Waals surface area contributed by atoms with Crippen LogP contribution in [0.4, 0.5) is 4.39 Å². The Hall–Kier alpha value is -1.56. The van der Waals surface area contributed by atoms with E-state index >= 15 is 0 Å². The first-order valence-electron chi connectivity index (χ1n) is 5.81. The van der Waals surface area contributed by atoms with E-state index in [-0.39, 0.29) is 11.0 Å². The molecule has 0 fully saturated rings. The summed E-state index contributed by atoms with van der Waals surface area (Å²) in [5.74, 6) is 0.245. The highest BCUT2D eigenvalue weighted by atomic mass is 35.5. The molecule has 20 heavy (non-hydrogen) atoms. The van der Waals surface area contributed by atoms with Gasteiger partial charge in [0.2, 0.25) is 0 Å². The van der Waals surface area contributed by atoms with E-state index in [4.69, 9.17) is 11.6 Å². The first-order valence-corrected chi connectivity index (χ1v) is 7.88. The van der Waals surface area contributed by atoms with E-state index in [2.05, 4.69) is 27.5 Å². The monoisotopic (exact) mass is 320 g/mol. The number of benzene rings is 1. The van der Waals surface area contributed by atoms with Crippen LogP contribution in [0.3, 0.4) is 0 Å². The Balaban J connectivity index is 1.96. The molecule has 6 heteroatoms. The normalized spacial score (nSPS) is 11.5. The number of halogens is 2. The first kappa shape index (κ1) is 12.2. The highest BCUT2D eigenvalue weighted by molar-refractivity contribution is 7.28. The zero-order valence-corrected chi connectivity index (χ0v) is 12.3. The van der Waals surface area contributed by atoms with Crippen molar-refractivity contribution < 1.29 is 4.39 Å². The minimum Gasteiger partial charge on any atom is -0.227 e. The third-order valence-electron chi connectivity index (χ3n) is 2.97. The van der Waals surface area contributed by atoms with Crippen molar-refractivity contribution in [1.82, 2.24) is 9.97 Å². The average molecular weight is 321 g/mol. The van der Waals surface area contributed by atoms with Gasteiger partial charge in [0.1, 0.15) is 11.0 Å². The van der Waals surface area contributed by atoms with Crippen LogP contribution < -0.4 is 0 Å². The van der Waals surface area contributed by atoms with Crippen LogP contribution in [0.25, 0.3) is 31.0 Å². The lowest BCUT2D eigenvalue weighted by molar-refractivity contribution is 0.629. The van der Waals surface area contributed by atoms with Crippen molar-refractivity contribution in [1.29, 1.82) is 0 Å². The van der Waals surface area contributed by atoms with Crippen molar-refractivity contribution in [2.24, 2.45) is 0 Å². The quantitative estimate of drug-likeness (QED) is 0.441. The fourth-order valence-corrected chi connectivity index (χ4v) is 4.32. The van der Waals surface area contributed by atoms with Gasteiger partial charge in [0, 0.05) is 14.8 Å². The van der Waals surface area contributed by atoms with Crippen LogP contribution in [0.2, 0.25) is 5.15 Å². The summed E-state index contributed by atoms with van der Waals surface area (Å²) in [5.41, 5.74) is 0.651. The lowest BCUT2D eigenvalue weighted by Crippen LogP contribution is -1.90. The highest BCUT2D eigenvalue weighted by Crippen LogP contribution is 2.36.